The van der Waals surface area contributed by atoms with Crippen LogP contribution in [-0.2, 0) is 9.53 Å². The van der Waals surface area contributed by atoms with E-state index in [4.69, 9.17) is 18.9 Å². The molecule has 0 saturated carbocycles. The summed E-state index contributed by atoms with van der Waals surface area (Å²) in [6, 6.07) is 7.03. The highest BCUT2D eigenvalue weighted by Crippen LogP contribution is 2.40. The van der Waals surface area contributed by atoms with Gasteiger partial charge in [-0.15, -0.1) is 0 Å². The lowest BCUT2D eigenvalue weighted by Crippen LogP contribution is -2.30. The molecular weight excluding hydrogens is 374 g/mol. The molecule has 0 aliphatic rings. The van der Waals surface area contributed by atoms with Crippen molar-refractivity contribution in [2.45, 2.75) is 33.8 Å². The van der Waals surface area contributed by atoms with Gasteiger partial charge in [0.05, 0.1) is 21.3 Å². The van der Waals surface area contributed by atoms with Crippen molar-refractivity contribution in [2.75, 3.05) is 26.6 Å². The van der Waals surface area contributed by atoms with E-state index < -0.39 is 18.0 Å². The van der Waals surface area contributed by atoms with Crippen molar-refractivity contribution in [3.8, 4) is 17.2 Å². The van der Waals surface area contributed by atoms with Gasteiger partial charge in [-0.3, -0.25) is 4.79 Å². The van der Waals surface area contributed by atoms with Gasteiger partial charge in [0.2, 0.25) is 5.75 Å². The monoisotopic (exact) mass is 401 g/mol. The molecule has 1 unspecified atom stereocenters. The van der Waals surface area contributed by atoms with E-state index in [2.05, 4.69) is 5.32 Å². The molecule has 29 heavy (non-hydrogen) atoms. The Morgan fingerprint density at radius 1 is 0.897 bits per heavy atom. The molecule has 0 aliphatic carbocycles. The smallest absolute Gasteiger partial charge is 0.342 e. The van der Waals surface area contributed by atoms with Crippen LogP contribution in [-0.4, -0.2) is 39.3 Å². The lowest BCUT2D eigenvalue weighted by atomic mass is 10.0. The number of anilines is 1. The maximum atomic E-state index is 12.7. The molecule has 1 amide bonds. The van der Waals surface area contributed by atoms with Crippen LogP contribution >= 0.6 is 0 Å². The maximum absolute atomic E-state index is 12.7. The van der Waals surface area contributed by atoms with Gasteiger partial charge in [-0.05, 0) is 51.0 Å². The first kappa shape index (κ1) is 22.1. The molecule has 0 bridgehead atoms. The van der Waals surface area contributed by atoms with Crippen LogP contribution < -0.4 is 19.5 Å². The molecule has 7 nitrogen and oxygen atoms in total. The van der Waals surface area contributed by atoms with Crippen LogP contribution in [0, 0.1) is 20.8 Å². The highest BCUT2D eigenvalue weighted by atomic mass is 16.6. The molecule has 0 radical (unpaired) electrons. The number of amides is 1. The Labute approximate surface area is 170 Å². The predicted molar refractivity (Wildman–Crippen MR) is 110 cm³/mol. The van der Waals surface area contributed by atoms with E-state index in [-0.39, 0.29) is 17.1 Å². The molecular formula is C22H27NO6. The summed E-state index contributed by atoms with van der Waals surface area (Å²) in [5, 5.41) is 2.84. The topological polar surface area (TPSA) is 83.1 Å². The molecule has 1 N–H and O–H groups in total. The Hall–Kier alpha value is -3.22. The van der Waals surface area contributed by atoms with Gasteiger partial charge in [0.25, 0.3) is 5.91 Å². The normalized spacial score (nSPS) is 11.4. The van der Waals surface area contributed by atoms with Gasteiger partial charge < -0.3 is 24.3 Å². The summed E-state index contributed by atoms with van der Waals surface area (Å²) in [6.45, 7) is 7.34. The third-order valence-corrected chi connectivity index (χ3v) is 4.50. The van der Waals surface area contributed by atoms with Crippen LogP contribution in [0.25, 0.3) is 0 Å². The molecule has 0 heterocycles. The molecule has 2 rings (SSSR count). The molecule has 0 fully saturated rings. The lowest BCUT2D eigenvalue weighted by Gasteiger charge is -2.18. The molecule has 0 saturated heterocycles. The van der Waals surface area contributed by atoms with Crippen LogP contribution in [0.15, 0.2) is 24.3 Å². The minimum atomic E-state index is -1.01. The number of aryl methyl sites for hydroxylation is 3. The Morgan fingerprint density at radius 3 is 2.00 bits per heavy atom. The summed E-state index contributed by atoms with van der Waals surface area (Å²) in [5.74, 6) is -0.269. The Morgan fingerprint density at radius 2 is 1.48 bits per heavy atom. The zero-order chi connectivity index (χ0) is 21.7. The van der Waals surface area contributed by atoms with E-state index in [1.165, 1.54) is 34.3 Å². The van der Waals surface area contributed by atoms with Gasteiger partial charge in [-0.1, -0.05) is 17.7 Å². The Balaban J connectivity index is 2.20. The number of hydrogen-bond donors (Lipinski definition) is 1. The molecule has 0 aromatic heterocycles. The molecule has 2 aromatic carbocycles. The summed E-state index contributed by atoms with van der Waals surface area (Å²) >= 11 is 0. The highest BCUT2D eigenvalue weighted by molar-refractivity contribution is 5.99. The van der Waals surface area contributed by atoms with Gasteiger partial charge in [0, 0.05) is 5.69 Å². The van der Waals surface area contributed by atoms with Crippen LogP contribution in [0.1, 0.15) is 34.0 Å². The lowest BCUT2D eigenvalue weighted by molar-refractivity contribution is -0.123. The third kappa shape index (κ3) is 4.80. The van der Waals surface area contributed by atoms with E-state index >= 15 is 0 Å². The fourth-order valence-electron chi connectivity index (χ4n) is 3.14. The van der Waals surface area contributed by atoms with Crippen LogP contribution in [0.2, 0.25) is 0 Å². The zero-order valence-corrected chi connectivity index (χ0v) is 17.8. The first-order chi connectivity index (χ1) is 13.7. The first-order valence-electron chi connectivity index (χ1n) is 9.12. The number of hydrogen-bond acceptors (Lipinski definition) is 6. The Kier molecular flexibility index (Phi) is 7.09. The summed E-state index contributed by atoms with van der Waals surface area (Å²) < 4.78 is 21.2. The number of carbonyl (C=O) groups is 2. The molecule has 0 aliphatic heterocycles. The second-order valence-corrected chi connectivity index (χ2v) is 6.69. The quantitative estimate of drug-likeness (QED) is 0.710. The zero-order valence-electron chi connectivity index (χ0n) is 17.8. The van der Waals surface area contributed by atoms with Gasteiger partial charge >= 0.3 is 5.97 Å². The number of ether oxygens (including phenoxy) is 4. The van der Waals surface area contributed by atoms with Crippen molar-refractivity contribution >= 4 is 17.6 Å². The van der Waals surface area contributed by atoms with Crippen molar-refractivity contribution in [1.29, 1.82) is 0 Å². The summed E-state index contributed by atoms with van der Waals surface area (Å²) in [5.41, 5.74) is 3.84. The predicted octanol–water partition coefficient (Wildman–Crippen LogP) is 3.82. The van der Waals surface area contributed by atoms with Crippen molar-refractivity contribution in [2.24, 2.45) is 0 Å². The number of methoxy groups -OCH3 is 3. The molecule has 1 atom stereocenters. The average molecular weight is 401 g/mol. The number of benzene rings is 2. The number of carbonyl (C=O) groups excluding carboxylic acids is 2. The number of nitrogens with one attached hydrogen (secondary N) is 1. The summed E-state index contributed by atoms with van der Waals surface area (Å²) in [4.78, 5) is 25.2. The highest BCUT2D eigenvalue weighted by Gasteiger charge is 2.25. The second-order valence-electron chi connectivity index (χ2n) is 6.69. The van der Waals surface area contributed by atoms with E-state index in [1.807, 2.05) is 32.9 Å². The van der Waals surface area contributed by atoms with Crippen LogP contribution in [0.4, 0.5) is 5.69 Å². The standard InChI is InChI=1S/C22H27NO6/c1-12-10-13(2)18(14(3)11-12)23-21(24)15(4)29-22(25)16-8-9-17(26-5)20(28-7)19(16)27-6/h8-11,15H,1-7H3,(H,23,24). The van der Waals surface area contributed by atoms with E-state index in [0.29, 0.717) is 11.4 Å². The van der Waals surface area contributed by atoms with Gasteiger partial charge in [0.15, 0.2) is 17.6 Å². The first-order valence-corrected chi connectivity index (χ1v) is 9.12. The summed E-state index contributed by atoms with van der Waals surface area (Å²) in [6.07, 6.45) is -1.01. The largest absolute Gasteiger partial charge is 0.493 e. The summed E-state index contributed by atoms with van der Waals surface area (Å²) in [7, 11) is 4.34. The second kappa shape index (κ2) is 9.32. The van der Waals surface area contributed by atoms with Crippen molar-refractivity contribution in [3.05, 3.63) is 46.5 Å². The number of rotatable bonds is 7. The van der Waals surface area contributed by atoms with Crippen LogP contribution in [0.5, 0.6) is 17.2 Å². The van der Waals surface area contributed by atoms with E-state index in [0.717, 1.165) is 16.7 Å². The van der Waals surface area contributed by atoms with Crippen molar-refractivity contribution in [1.82, 2.24) is 0 Å². The fraction of sp³-hybridized carbons (Fsp3) is 0.364. The third-order valence-electron chi connectivity index (χ3n) is 4.50. The van der Waals surface area contributed by atoms with Gasteiger partial charge in [0.1, 0.15) is 5.56 Å². The maximum Gasteiger partial charge on any atom is 0.342 e. The number of esters is 1. The molecule has 0 spiro atoms. The Bertz CT molecular complexity index is 899. The van der Waals surface area contributed by atoms with Crippen molar-refractivity contribution < 1.29 is 28.5 Å². The minimum Gasteiger partial charge on any atom is -0.493 e. The van der Waals surface area contributed by atoms with Crippen LogP contribution in [0.3, 0.4) is 0 Å². The molecule has 7 heteroatoms. The van der Waals surface area contributed by atoms with E-state index in [9.17, 15) is 9.59 Å². The molecule has 156 valence electrons. The van der Waals surface area contributed by atoms with Crippen molar-refractivity contribution in [3.63, 3.8) is 0 Å². The van der Waals surface area contributed by atoms with E-state index in [1.54, 1.807) is 6.07 Å². The SMILES string of the molecule is COc1ccc(C(=O)OC(C)C(=O)Nc2c(C)cc(C)cc2C)c(OC)c1OC. The van der Waals surface area contributed by atoms with Gasteiger partial charge in [-0.2, -0.15) is 0 Å². The average Bonchev–Trinajstić information content (AvgIpc) is 2.68. The van der Waals surface area contributed by atoms with Gasteiger partial charge in [-0.25, -0.2) is 4.79 Å². The fourth-order valence-corrected chi connectivity index (χ4v) is 3.14. The molecule has 2 aromatic rings. The minimum absolute atomic E-state index is 0.132.